The van der Waals surface area contributed by atoms with Crippen LogP contribution in [0.1, 0.15) is 82.4 Å². The first-order valence-corrected chi connectivity index (χ1v) is 18.6. The minimum atomic E-state index is 0.439. The fourth-order valence-electron chi connectivity index (χ4n) is 8.38. The van der Waals surface area contributed by atoms with Gasteiger partial charge < -0.3 is 5.32 Å². The van der Waals surface area contributed by atoms with Crippen LogP contribution in [0.3, 0.4) is 0 Å². The highest BCUT2D eigenvalue weighted by molar-refractivity contribution is 6.12. The molecular weight excluding hydrogens is 593 g/mol. The summed E-state index contributed by atoms with van der Waals surface area (Å²) in [7, 11) is 0. The number of rotatable bonds is 11. The van der Waals surface area contributed by atoms with E-state index < -0.39 is 0 Å². The molecule has 0 amide bonds. The Morgan fingerprint density at radius 1 is 0.796 bits per heavy atom. The number of aromatic nitrogens is 1. The molecule has 2 aliphatic rings. The SMILES string of the molecule is C/C=C\C(CC)C(C)/C(=C\CCc1cccc2c1Cc1c-2c(-c2ccccc2)c2ncccc2c1-c1ccccc1)NC=C1CCCCC1. The predicted molar refractivity (Wildman–Crippen MR) is 209 cm³/mol. The topological polar surface area (TPSA) is 24.9 Å². The van der Waals surface area contributed by atoms with E-state index >= 15 is 0 Å². The molecule has 1 saturated carbocycles. The first kappa shape index (κ1) is 32.8. The van der Waals surface area contributed by atoms with Gasteiger partial charge in [-0.15, -0.1) is 0 Å². The number of aryl methyl sites for hydroxylation is 1. The van der Waals surface area contributed by atoms with Crippen LogP contribution in [-0.4, -0.2) is 4.98 Å². The quantitative estimate of drug-likeness (QED) is 0.142. The third-order valence-corrected chi connectivity index (χ3v) is 10.9. The van der Waals surface area contributed by atoms with Crippen molar-refractivity contribution in [1.82, 2.24) is 10.3 Å². The Bertz CT molecular complexity index is 1990. The number of nitrogens with one attached hydrogen (secondary N) is 1. The zero-order chi connectivity index (χ0) is 33.6. The fourth-order valence-corrected chi connectivity index (χ4v) is 8.38. The Morgan fingerprint density at radius 2 is 1.53 bits per heavy atom. The van der Waals surface area contributed by atoms with E-state index in [1.165, 1.54) is 93.3 Å². The number of pyridine rings is 1. The number of nitrogens with zero attached hydrogens (tertiary/aromatic N) is 1. The maximum atomic E-state index is 5.06. The summed E-state index contributed by atoms with van der Waals surface area (Å²) in [4.78, 5) is 5.06. The van der Waals surface area contributed by atoms with Crippen molar-refractivity contribution in [1.29, 1.82) is 0 Å². The van der Waals surface area contributed by atoms with Crippen LogP contribution in [0, 0.1) is 11.8 Å². The monoisotopic (exact) mass is 642 g/mol. The van der Waals surface area contributed by atoms with Gasteiger partial charge in [0.2, 0.25) is 0 Å². The molecule has 1 fully saturated rings. The Kier molecular flexibility index (Phi) is 10.2. The second kappa shape index (κ2) is 15.2. The van der Waals surface area contributed by atoms with Crippen LogP contribution >= 0.6 is 0 Å². The molecule has 0 aliphatic heterocycles. The smallest absolute Gasteiger partial charge is 0.0792 e. The Labute approximate surface area is 293 Å². The zero-order valence-corrected chi connectivity index (χ0v) is 29.5. The van der Waals surface area contributed by atoms with Crippen LogP contribution in [0.4, 0.5) is 0 Å². The van der Waals surface area contributed by atoms with Gasteiger partial charge in [-0.1, -0.05) is 129 Å². The van der Waals surface area contributed by atoms with Crippen molar-refractivity contribution in [3.8, 4) is 33.4 Å². The maximum absolute atomic E-state index is 5.06. The highest BCUT2D eigenvalue weighted by Gasteiger charge is 2.30. The summed E-state index contributed by atoms with van der Waals surface area (Å²) in [5.74, 6) is 0.966. The summed E-state index contributed by atoms with van der Waals surface area (Å²) in [6.45, 7) is 6.86. The number of allylic oxidation sites excluding steroid dienone is 5. The lowest BCUT2D eigenvalue weighted by molar-refractivity contribution is 0.457. The minimum absolute atomic E-state index is 0.439. The van der Waals surface area contributed by atoms with Gasteiger partial charge in [-0.2, -0.15) is 0 Å². The summed E-state index contributed by atoms with van der Waals surface area (Å²) in [5.41, 5.74) is 16.2. The molecule has 0 bridgehead atoms. The first-order chi connectivity index (χ1) is 24.2. The summed E-state index contributed by atoms with van der Waals surface area (Å²) in [6.07, 6.45) is 22.0. The number of hydrogen-bond donors (Lipinski definition) is 1. The maximum Gasteiger partial charge on any atom is 0.0792 e. The van der Waals surface area contributed by atoms with Gasteiger partial charge in [-0.3, -0.25) is 4.98 Å². The lowest BCUT2D eigenvalue weighted by Gasteiger charge is -2.24. The Balaban J connectivity index is 1.29. The molecule has 0 radical (unpaired) electrons. The standard InChI is InChI=1S/C47H50N2/c1-4-18-35(5-2)33(3)43(49-32-34-19-9-6-10-20-34)29-16-26-36-25-15-27-39-41(36)31-42-44(37-21-11-7-12-22-37)40-28-17-30-48-47(40)45(46(39)42)38-23-13-8-14-24-38/h4,7-8,11-15,17-18,21-25,27-30,32-33,35,49H,5-6,9-10,16,19-20,26,31H2,1-3H3/b18-4-,43-29+. The fraction of sp³-hybridized carbons (Fsp3) is 0.298. The van der Waals surface area contributed by atoms with Crippen LogP contribution in [-0.2, 0) is 12.8 Å². The highest BCUT2D eigenvalue weighted by atomic mass is 14.9. The molecule has 7 rings (SSSR count). The van der Waals surface area contributed by atoms with E-state index in [9.17, 15) is 0 Å². The molecule has 1 aromatic heterocycles. The first-order valence-electron chi connectivity index (χ1n) is 18.6. The molecule has 2 nitrogen and oxygen atoms in total. The molecule has 0 spiro atoms. The van der Waals surface area contributed by atoms with Gasteiger partial charge in [-0.05, 0) is 121 Å². The molecular formula is C47H50N2. The van der Waals surface area contributed by atoms with E-state index in [0.717, 1.165) is 31.2 Å². The van der Waals surface area contributed by atoms with Crippen molar-refractivity contribution in [2.75, 3.05) is 0 Å². The van der Waals surface area contributed by atoms with Gasteiger partial charge in [0, 0.05) is 28.8 Å². The van der Waals surface area contributed by atoms with E-state index in [1.54, 1.807) is 5.57 Å². The van der Waals surface area contributed by atoms with Crippen LogP contribution in [0.5, 0.6) is 0 Å². The summed E-state index contributed by atoms with van der Waals surface area (Å²) in [6, 6.07) is 33.2. The normalized spacial score (nSPS) is 15.7. The predicted octanol–water partition coefficient (Wildman–Crippen LogP) is 12.6. The summed E-state index contributed by atoms with van der Waals surface area (Å²) >= 11 is 0. The minimum Gasteiger partial charge on any atom is -0.365 e. The largest absolute Gasteiger partial charge is 0.365 e. The zero-order valence-electron chi connectivity index (χ0n) is 29.5. The third kappa shape index (κ3) is 6.79. The molecule has 248 valence electrons. The molecule has 2 unspecified atom stereocenters. The Morgan fingerprint density at radius 3 is 2.24 bits per heavy atom. The molecule has 2 atom stereocenters. The van der Waals surface area contributed by atoms with E-state index in [2.05, 4.69) is 142 Å². The molecule has 5 aromatic rings. The van der Waals surface area contributed by atoms with Crippen LogP contribution in [0.2, 0.25) is 0 Å². The van der Waals surface area contributed by atoms with Gasteiger partial charge in [0.05, 0.1) is 5.52 Å². The molecule has 0 saturated heterocycles. The lowest BCUT2D eigenvalue weighted by atomic mass is 9.85. The average molecular weight is 643 g/mol. The van der Waals surface area contributed by atoms with Crippen LogP contribution < -0.4 is 5.32 Å². The van der Waals surface area contributed by atoms with E-state index in [-0.39, 0.29) is 0 Å². The van der Waals surface area contributed by atoms with Crippen molar-refractivity contribution in [2.45, 2.75) is 78.6 Å². The van der Waals surface area contributed by atoms with Gasteiger partial charge in [0.25, 0.3) is 0 Å². The van der Waals surface area contributed by atoms with Crippen molar-refractivity contribution in [3.63, 3.8) is 0 Å². The molecule has 4 aromatic carbocycles. The lowest BCUT2D eigenvalue weighted by Crippen LogP contribution is -2.20. The Hall–Kier alpha value is -4.69. The van der Waals surface area contributed by atoms with Crippen molar-refractivity contribution < 1.29 is 0 Å². The van der Waals surface area contributed by atoms with Gasteiger partial charge in [0.1, 0.15) is 0 Å². The third-order valence-electron chi connectivity index (χ3n) is 10.9. The summed E-state index contributed by atoms with van der Waals surface area (Å²) in [5, 5.41) is 5.07. The van der Waals surface area contributed by atoms with E-state index in [1.807, 2.05) is 6.20 Å². The molecule has 2 aliphatic carbocycles. The average Bonchev–Trinajstić information content (AvgIpc) is 3.54. The van der Waals surface area contributed by atoms with E-state index in [0.29, 0.717) is 11.8 Å². The molecule has 2 heteroatoms. The molecule has 49 heavy (non-hydrogen) atoms. The number of hydrogen-bond acceptors (Lipinski definition) is 2. The highest BCUT2D eigenvalue weighted by Crippen LogP contribution is 2.51. The second-order valence-electron chi connectivity index (χ2n) is 13.9. The second-order valence-corrected chi connectivity index (χ2v) is 13.9. The number of benzene rings is 4. The van der Waals surface area contributed by atoms with Gasteiger partial charge in [0.15, 0.2) is 0 Å². The molecule has 1 heterocycles. The van der Waals surface area contributed by atoms with Crippen molar-refractivity contribution in [2.24, 2.45) is 11.8 Å². The van der Waals surface area contributed by atoms with Gasteiger partial charge in [-0.25, -0.2) is 0 Å². The summed E-state index contributed by atoms with van der Waals surface area (Å²) < 4.78 is 0. The molecule has 1 N–H and O–H groups in total. The van der Waals surface area contributed by atoms with Crippen molar-refractivity contribution >= 4 is 10.9 Å². The number of fused-ring (bicyclic) bond motifs is 4. The van der Waals surface area contributed by atoms with Crippen molar-refractivity contribution in [3.05, 3.63) is 150 Å². The van der Waals surface area contributed by atoms with Crippen LogP contribution in [0.25, 0.3) is 44.3 Å². The van der Waals surface area contributed by atoms with E-state index in [4.69, 9.17) is 4.98 Å². The van der Waals surface area contributed by atoms with Crippen LogP contribution in [0.15, 0.2) is 133 Å². The van der Waals surface area contributed by atoms with Gasteiger partial charge >= 0.3 is 0 Å².